The maximum Gasteiger partial charge on any atom is 0.245 e. The number of hydrogen-bond donors (Lipinski definition) is 1. The molecule has 2 amide bonds. The minimum atomic E-state index is -0.285. The fraction of sp³-hybridized carbons (Fsp3) is 0.370. The maximum atomic E-state index is 13.1. The molecule has 180 valence electrons. The molecule has 7 nitrogen and oxygen atoms in total. The second-order valence-electron chi connectivity index (χ2n) is 9.43. The number of aromatic nitrogens is 2. The van der Waals surface area contributed by atoms with Gasteiger partial charge in [-0.1, -0.05) is 63.2 Å². The van der Waals surface area contributed by atoms with Gasteiger partial charge in [-0.3, -0.25) is 9.59 Å². The Hall–Kier alpha value is -3.45. The predicted octanol–water partition coefficient (Wildman–Crippen LogP) is 4.13. The summed E-state index contributed by atoms with van der Waals surface area (Å²) >= 11 is 0. The molecule has 0 spiro atoms. The molecule has 0 atom stereocenters. The fourth-order valence-corrected chi connectivity index (χ4v) is 3.52. The summed E-state index contributed by atoms with van der Waals surface area (Å²) in [4.78, 5) is 27.5. The number of nitrogens with zero attached hydrogens (tertiary/aromatic N) is 3. The standard InChI is InChI=1S/C27H34N4O3/c1-20-10-9-13-22(16-20)31-24(18-23(29-31)27(2,3)4)28-25(32)19-30(14-15-34-5)26(33)17-21-11-7-6-8-12-21/h6-13,16,18H,14-15,17,19H2,1-5H3,(H,28,32). The lowest BCUT2D eigenvalue weighted by atomic mass is 9.92. The van der Waals surface area contributed by atoms with Crippen molar-refractivity contribution in [3.8, 4) is 5.69 Å². The third-order valence-corrected chi connectivity index (χ3v) is 5.44. The van der Waals surface area contributed by atoms with E-state index in [4.69, 9.17) is 9.84 Å². The molecule has 34 heavy (non-hydrogen) atoms. The molecule has 2 aromatic carbocycles. The van der Waals surface area contributed by atoms with Gasteiger partial charge in [-0.25, -0.2) is 4.68 Å². The highest BCUT2D eigenvalue weighted by molar-refractivity contribution is 5.94. The largest absolute Gasteiger partial charge is 0.383 e. The van der Waals surface area contributed by atoms with Gasteiger partial charge in [0.25, 0.3) is 0 Å². The Kier molecular flexibility index (Phi) is 8.23. The van der Waals surface area contributed by atoms with Gasteiger partial charge in [-0.15, -0.1) is 0 Å². The monoisotopic (exact) mass is 462 g/mol. The first-order valence-corrected chi connectivity index (χ1v) is 11.5. The number of carbonyl (C=O) groups is 2. The van der Waals surface area contributed by atoms with Crippen LogP contribution >= 0.6 is 0 Å². The predicted molar refractivity (Wildman–Crippen MR) is 134 cm³/mol. The Labute approximate surface area is 201 Å². The summed E-state index contributed by atoms with van der Waals surface area (Å²) in [5, 5.41) is 7.74. The average Bonchev–Trinajstić information content (AvgIpc) is 3.21. The van der Waals surface area contributed by atoms with Gasteiger partial charge in [0.2, 0.25) is 11.8 Å². The lowest BCUT2D eigenvalue weighted by molar-refractivity contribution is -0.134. The van der Waals surface area contributed by atoms with Crippen molar-refractivity contribution in [1.29, 1.82) is 0 Å². The van der Waals surface area contributed by atoms with Crippen molar-refractivity contribution in [2.75, 3.05) is 32.1 Å². The molecular weight excluding hydrogens is 428 g/mol. The highest BCUT2D eigenvalue weighted by Gasteiger charge is 2.23. The Morgan fingerprint density at radius 3 is 2.44 bits per heavy atom. The van der Waals surface area contributed by atoms with Crippen molar-refractivity contribution >= 4 is 17.6 Å². The fourth-order valence-electron chi connectivity index (χ4n) is 3.52. The Balaban J connectivity index is 1.80. The molecule has 0 bridgehead atoms. The van der Waals surface area contributed by atoms with Gasteiger partial charge < -0.3 is 15.0 Å². The van der Waals surface area contributed by atoms with E-state index in [1.165, 1.54) is 4.90 Å². The lowest BCUT2D eigenvalue weighted by Crippen LogP contribution is -2.41. The van der Waals surface area contributed by atoms with Crippen molar-refractivity contribution in [2.24, 2.45) is 0 Å². The number of rotatable bonds is 9. The summed E-state index contributed by atoms with van der Waals surface area (Å²) in [7, 11) is 1.58. The topological polar surface area (TPSA) is 76.5 Å². The molecule has 0 aliphatic carbocycles. The normalized spacial score (nSPS) is 11.3. The third kappa shape index (κ3) is 6.78. The first kappa shape index (κ1) is 25.2. The van der Waals surface area contributed by atoms with Crippen molar-refractivity contribution in [3.05, 3.63) is 77.5 Å². The van der Waals surface area contributed by atoms with E-state index in [-0.39, 0.29) is 30.2 Å². The zero-order valence-corrected chi connectivity index (χ0v) is 20.7. The second-order valence-corrected chi connectivity index (χ2v) is 9.43. The maximum absolute atomic E-state index is 13.1. The number of aryl methyl sites for hydroxylation is 1. The van der Waals surface area contributed by atoms with Crippen LogP contribution in [0.1, 0.15) is 37.6 Å². The Bertz CT molecular complexity index is 1120. The molecule has 0 aliphatic heterocycles. The van der Waals surface area contributed by atoms with Crippen LogP contribution in [0.4, 0.5) is 5.82 Å². The van der Waals surface area contributed by atoms with Crippen LogP contribution in [-0.4, -0.2) is 53.3 Å². The van der Waals surface area contributed by atoms with E-state index in [2.05, 4.69) is 26.1 Å². The highest BCUT2D eigenvalue weighted by atomic mass is 16.5. The highest BCUT2D eigenvalue weighted by Crippen LogP contribution is 2.26. The molecule has 0 saturated carbocycles. The Morgan fingerprint density at radius 2 is 1.79 bits per heavy atom. The number of benzene rings is 2. The van der Waals surface area contributed by atoms with E-state index in [0.29, 0.717) is 19.0 Å². The van der Waals surface area contributed by atoms with Crippen LogP contribution in [0, 0.1) is 6.92 Å². The number of hydrogen-bond acceptors (Lipinski definition) is 4. The molecule has 0 fully saturated rings. The van der Waals surface area contributed by atoms with Crippen LogP contribution in [-0.2, 0) is 26.2 Å². The summed E-state index contributed by atoms with van der Waals surface area (Å²) in [6.45, 7) is 8.87. The SMILES string of the molecule is COCCN(CC(=O)Nc1cc(C(C)(C)C)nn1-c1cccc(C)c1)C(=O)Cc1ccccc1. The molecule has 1 heterocycles. The van der Waals surface area contributed by atoms with E-state index >= 15 is 0 Å². The molecule has 1 N–H and O–H groups in total. The van der Waals surface area contributed by atoms with Crippen molar-refractivity contribution in [3.63, 3.8) is 0 Å². The second kappa shape index (κ2) is 11.1. The van der Waals surface area contributed by atoms with Gasteiger partial charge in [0.15, 0.2) is 0 Å². The quantitative estimate of drug-likeness (QED) is 0.519. The number of carbonyl (C=O) groups excluding carboxylic acids is 2. The van der Waals surface area contributed by atoms with Gasteiger partial charge in [0, 0.05) is 25.1 Å². The third-order valence-electron chi connectivity index (χ3n) is 5.44. The van der Waals surface area contributed by atoms with Gasteiger partial charge in [0.1, 0.15) is 5.82 Å². The van der Waals surface area contributed by atoms with E-state index in [1.807, 2.05) is 67.6 Å². The molecule has 3 rings (SSSR count). The van der Waals surface area contributed by atoms with E-state index < -0.39 is 0 Å². The zero-order valence-electron chi connectivity index (χ0n) is 20.7. The summed E-state index contributed by atoms with van der Waals surface area (Å²) in [5.41, 5.74) is 3.54. The van der Waals surface area contributed by atoms with Crippen LogP contribution in [0.2, 0.25) is 0 Å². The minimum Gasteiger partial charge on any atom is -0.383 e. The van der Waals surface area contributed by atoms with E-state index in [0.717, 1.165) is 22.5 Å². The van der Waals surface area contributed by atoms with Crippen molar-refractivity contribution in [2.45, 2.75) is 39.5 Å². The van der Waals surface area contributed by atoms with Crippen molar-refractivity contribution < 1.29 is 14.3 Å². The summed E-state index contributed by atoms with van der Waals surface area (Å²) in [5.74, 6) is 0.162. The number of anilines is 1. The number of amides is 2. The van der Waals surface area contributed by atoms with Gasteiger partial charge >= 0.3 is 0 Å². The molecule has 7 heteroatoms. The molecule has 1 aromatic heterocycles. The molecule has 0 aliphatic rings. The first-order valence-electron chi connectivity index (χ1n) is 11.5. The summed E-state index contributed by atoms with van der Waals surface area (Å²) in [6.07, 6.45) is 0.229. The van der Waals surface area contributed by atoms with Crippen LogP contribution in [0.15, 0.2) is 60.7 Å². The van der Waals surface area contributed by atoms with Crippen LogP contribution in [0.25, 0.3) is 5.69 Å². The average molecular weight is 463 g/mol. The van der Waals surface area contributed by atoms with Crippen LogP contribution in [0.3, 0.4) is 0 Å². The Morgan fingerprint density at radius 1 is 1.06 bits per heavy atom. The van der Waals surface area contributed by atoms with E-state index in [9.17, 15) is 9.59 Å². The number of ether oxygens (including phenoxy) is 1. The van der Waals surface area contributed by atoms with Gasteiger partial charge in [0.05, 0.1) is 31.0 Å². The smallest absolute Gasteiger partial charge is 0.245 e. The molecule has 3 aromatic rings. The number of nitrogens with one attached hydrogen (secondary N) is 1. The van der Waals surface area contributed by atoms with Crippen LogP contribution in [0.5, 0.6) is 0 Å². The van der Waals surface area contributed by atoms with Crippen molar-refractivity contribution in [1.82, 2.24) is 14.7 Å². The number of methoxy groups -OCH3 is 1. The molecule has 0 saturated heterocycles. The zero-order chi connectivity index (χ0) is 24.7. The minimum absolute atomic E-state index is 0.0706. The lowest BCUT2D eigenvalue weighted by Gasteiger charge is -2.22. The van der Waals surface area contributed by atoms with Crippen LogP contribution < -0.4 is 5.32 Å². The van der Waals surface area contributed by atoms with Gasteiger partial charge in [-0.2, -0.15) is 5.10 Å². The molecular formula is C27H34N4O3. The first-order chi connectivity index (χ1) is 16.2. The van der Waals surface area contributed by atoms with E-state index in [1.54, 1.807) is 11.8 Å². The summed E-state index contributed by atoms with van der Waals surface area (Å²) < 4.78 is 6.91. The van der Waals surface area contributed by atoms with Gasteiger partial charge in [-0.05, 0) is 30.2 Å². The molecule has 0 radical (unpaired) electrons. The summed E-state index contributed by atoms with van der Waals surface area (Å²) in [6, 6.07) is 19.4. The molecule has 0 unspecified atom stereocenters.